The van der Waals surface area contributed by atoms with Crippen LogP contribution in [0.5, 0.6) is 5.75 Å². The van der Waals surface area contributed by atoms with Crippen LogP contribution < -0.4 is 10.1 Å². The normalized spacial score (nSPS) is 16.7. The number of nitro groups is 1. The second-order valence-electron chi connectivity index (χ2n) is 5.53. The second kappa shape index (κ2) is 5.57. The minimum atomic E-state index is -0.407. The summed E-state index contributed by atoms with van der Waals surface area (Å²) < 4.78 is 4.98. The number of ether oxygens (including phenoxy) is 1. The monoisotopic (exact) mass is 264 g/mol. The van der Waals surface area contributed by atoms with Gasteiger partial charge in [0.25, 0.3) is 0 Å². The van der Waals surface area contributed by atoms with Crippen molar-refractivity contribution in [3.05, 3.63) is 33.9 Å². The summed E-state index contributed by atoms with van der Waals surface area (Å²) in [5.74, 6) is 0.305. The van der Waals surface area contributed by atoms with E-state index in [1.54, 1.807) is 12.1 Å². The highest BCUT2D eigenvalue weighted by molar-refractivity contribution is 5.48. The molecule has 0 heterocycles. The molecule has 5 nitrogen and oxygen atoms in total. The predicted molar refractivity (Wildman–Crippen MR) is 73.3 cm³/mol. The van der Waals surface area contributed by atoms with Gasteiger partial charge in [0.1, 0.15) is 0 Å². The lowest BCUT2D eigenvalue weighted by Gasteiger charge is -2.38. The smallest absolute Gasteiger partial charge is 0.311 e. The molecule has 104 valence electrons. The van der Waals surface area contributed by atoms with Crippen LogP contribution in [0.2, 0.25) is 0 Å². The Morgan fingerprint density at radius 1 is 1.47 bits per heavy atom. The van der Waals surface area contributed by atoms with Gasteiger partial charge in [-0.05, 0) is 29.9 Å². The van der Waals surface area contributed by atoms with E-state index in [9.17, 15) is 10.1 Å². The van der Waals surface area contributed by atoms with E-state index in [2.05, 4.69) is 12.2 Å². The van der Waals surface area contributed by atoms with Gasteiger partial charge in [-0.3, -0.25) is 10.1 Å². The molecule has 1 aliphatic carbocycles. The van der Waals surface area contributed by atoms with E-state index < -0.39 is 4.92 Å². The Bertz CT molecular complexity index is 470. The van der Waals surface area contributed by atoms with Crippen molar-refractivity contribution in [2.45, 2.75) is 32.7 Å². The first-order valence-electron chi connectivity index (χ1n) is 6.56. The lowest BCUT2D eigenvalue weighted by molar-refractivity contribution is -0.385. The first kappa shape index (κ1) is 13.8. The Balaban J connectivity index is 1.96. The van der Waals surface area contributed by atoms with E-state index in [4.69, 9.17) is 4.74 Å². The molecule has 0 radical (unpaired) electrons. The van der Waals surface area contributed by atoms with Crippen LogP contribution in [0.25, 0.3) is 0 Å². The van der Waals surface area contributed by atoms with Gasteiger partial charge in [-0.2, -0.15) is 0 Å². The van der Waals surface area contributed by atoms with Crippen LogP contribution in [-0.4, -0.2) is 18.6 Å². The van der Waals surface area contributed by atoms with E-state index in [1.807, 2.05) is 6.07 Å². The molecule has 19 heavy (non-hydrogen) atoms. The van der Waals surface area contributed by atoms with Crippen molar-refractivity contribution in [2.24, 2.45) is 5.41 Å². The molecule has 0 aromatic heterocycles. The predicted octanol–water partition coefficient (Wildman–Crippen LogP) is 2.88. The van der Waals surface area contributed by atoms with Gasteiger partial charge in [-0.15, -0.1) is 0 Å². The summed E-state index contributed by atoms with van der Waals surface area (Å²) in [4.78, 5) is 10.5. The van der Waals surface area contributed by atoms with Crippen molar-refractivity contribution >= 4 is 5.69 Å². The van der Waals surface area contributed by atoms with Crippen LogP contribution in [0.4, 0.5) is 5.69 Å². The highest BCUT2D eigenvalue weighted by Crippen LogP contribution is 2.39. The fourth-order valence-electron chi connectivity index (χ4n) is 2.45. The largest absolute Gasteiger partial charge is 0.490 e. The maximum atomic E-state index is 10.9. The number of hydrogen-bond acceptors (Lipinski definition) is 4. The summed E-state index contributed by atoms with van der Waals surface area (Å²) in [6, 6.07) is 5.09. The Labute approximate surface area is 113 Å². The molecule has 0 atom stereocenters. The third kappa shape index (κ3) is 3.23. The summed E-state index contributed by atoms with van der Waals surface area (Å²) in [5, 5.41) is 14.3. The van der Waals surface area contributed by atoms with Crippen LogP contribution in [0, 0.1) is 15.5 Å². The van der Waals surface area contributed by atoms with Crippen LogP contribution in [0.15, 0.2) is 18.2 Å². The minimum Gasteiger partial charge on any atom is -0.490 e. The van der Waals surface area contributed by atoms with Gasteiger partial charge in [-0.1, -0.05) is 19.4 Å². The van der Waals surface area contributed by atoms with Gasteiger partial charge >= 0.3 is 5.69 Å². The number of nitro benzene ring substituents is 1. The fourth-order valence-corrected chi connectivity index (χ4v) is 2.45. The Hall–Kier alpha value is -1.62. The second-order valence-corrected chi connectivity index (χ2v) is 5.53. The molecule has 0 unspecified atom stereocenters. The van der Waals surface area contributed by atoms with Crippen molar-refractivity contribution in [3.63, 3.8) is 0 Å². The third-order valence-electron chi connectivity index (χ3n) is 3.88. The van der Waals surface area contributed by atoms with Gasteiger partial charge < -0.3 is 10.1 Å². The molecular weight excluding hydrogens is 244 g/mol. The van der Waals surface area contributed by atoms with Gasteiger partial charge in [0.05, 0.1) is 12.0 Å². The topological polar surface area (TPSA) is 64.4 Å². The van der Waals surface area contributed by atoms with Crippen molar-refractivity contribution in [1.29, 1.82) is 0 Å². The fraction of sp³-hybridized carbons (Fsp3) is 0.571. The Morgan fingerprint density at radius 3 is 2.74 bits per heavy atom. The summed E-state index contributed by atoms with van der Waals surface area (Å²) in [7, 11) is 1.44. The van der Waals surface area contributed by atoms with E-state index in [1.165, 1.54) is 26.4 Å². The van der Waals surface area contributed by atoms with Crippen LogP contribution >= 0.6 is 0 Å². The summed E-state index contributed by atoms with van der Waals surface area (Å²) in [6.07, 6.45) is 3.84. The molecule has 2 rings (SSSR count). The molecule has 0 spiro atoms. The molecule has 0 amide bonds. The van der Waals surface area contributed by atoms with Crippen LogP contribution in [0.3, 0.4) is 0 Å². The number of benzene rings is 1. The number of nitrogens with one attached hydrogen (secondary N) is 1. The molecule has 1 aromatic carbocycles. The Morgan fingerprint density at radius 2 is 2.21 bits per heavy atom. The highest BCUT2D eigenvalue weighted by Gasteiger charge is 2.30. The maximum Gasteiger partial charge on any atom is 0.311 e. The molecule has 5 heteroatoms. The molecule has 1 saturated carbocycles. The van der Waals surface area contributed by atoms with Crippen LogP contribution in [-0.2, 0) is 6.54 Å². The number of hydrogen-bond donors (Lipinski definition) is 1. The van der Waals surface area contributed by atoms with Crippen molar-refractivity contribution in [1.82, 2.24) is 5.32 Å². The average molecular weight is 264 g/mol. The third-order valence-corrected chi connectivity index (χ3v) is 3.88. The molecule has 1 aliphatic rings. The van der Waals surface area contributed by atoms with Crippen molar-refractivity contribution in [2.75, 3.05) is 13.7 Å². The SMILES string of the molecule is COc1ccc(CNCC2(C)CCC2)cc1[N+](=O)[O-]. The van der Waals surface area contributed by atoms with Crippen molar-refractivity contribution < 1.29 is 9.66 Å². The molecule has 0 aliphatic heterocycles. The molecule has 0 saturated heterocycles. The molecule has 1 fully saturated rings. The lowest BCUT2D eigenvalue weighted by Crippen LogP contribution is -2.36. The molecule has 0 bridgehead atoms. The number of methoxy groups -OCH3 is 1. The van der Waals surface area contributed by atoms with Gasteiger partial charge in [0.2, 0.25) is 0 Å². The quantitative estimate of drug-likeness (QED) is 0.634. The highest BCUT2D eigenvalue weighted by atomic mass is 16.6. The maximum absolute atomic E-state index is 10.9. The molecule has 1 aromatic rings. The number of rotatable bonds is 6. The zero-order chi connectivity index (χ0) is 13.9. The van der Waals surface area contributed by atoms with Gasteiger partial charge in [0.15, 0.2) is 5.75 Å². The first-order chi connectivity index (χ1) is 9.04. The summed E-state index contributed by atoms with van der Waals surface area (Å²) in [5.41, 5.74) is 1.35. The Kier molecular flexibility index (Phi) is 4.04. The summed E-state index contributed by atoms with van der Waals surface area (Å²) >= 11 is 0. The zero-order valence-corrected chi connectivity index (χ0v) is 11.4. The first-order valence-corrected chi connectivity index (χ1v) is 6.56. The van der Waals surface area contributed by atoms with Crippen molar-refractivity contribution in [3.8, 4) is 5.75 Å². The standard InChI is InChI=1S/C14H20N2O3/c1-14(6-3-7-14)10-15-9-11-4-5-13(19-2)12(8-11)16(17)18/h4-5,8,15H,3,6-7,9-10H2,1-2H3. The van der Waals surface area contributed by atoms with Crippen LogP contribution in [0.1, 0.15) is 31.7 Å². The van der Waals surface area contributed by atoms with E-state index >= 15 is 0 Å². The average Bonchev–Trinajstić information content (AvgIpc) is 2.36. The zero-order valence-electron chi connectivity index (χ0n) is 11.4. The molecule has 1 N–H and O–H groups in total. The van der Waals surface area contributed by atoms with E-state index in [-0.39, 0.29) is 5.69 Å². The number of nitrogens with zero attached hydrogens (tertiary/aromatic N) is 1. The van der Waals surface area contributed by atoms with E-state index in [0.717, 1.165) is 12.1 Å². The van der Waals surface area contributed by atoms with Gasteiger partial charge in [0, 0.05) is 19.2 Å². The lowest BCUT2D eigenvalue weighted by atomic mass is 9.70. The van der Waals surface area contributed by atoms with E-state index in [0.29, 0.717) is 17.7 Å². The van der Waals surface area contributed by atoms with Gasteiger partial charge in [-0.25, -0.2) is 0 Å². The minimum absolute atomic E-state index is 0.0247. The summed E-state index contributed by atoms with van der Waals surface area (Å²) in [6.45, 7) is 3.90. The molecular formula is C14H20N2O3.